The molecule has 1 atom stereocenters. The standard InChI is InChI=1S/C21H26ClNO5/c1-5-14-12(3)23-18-11-19(17(22)10-16(18)20(14)25)27-8-7-9-28-21(26)15(6-2)13(4)24/h10-11,15H,5-9H2,1-4H3,(H,23,25). The number of aryl methyl sites for hydroxylation is 1. The first-order valence-electron chi connectivity index (χ1n) is 9.45. The number of esters is 1. The summed E-state index contributed by atoms with van der Waals surface area (Å²) in [6.07, 6.45) is 1.53. The van der Waals surface area contributed by atoms with E-state index in [0.29, 0.717) is 40.9 Å². The Morgan fingerprint density at radius 1 is 1.21 bits per heavy atom. The zero-order valence-electron chi connectivity index (χ0n) is 16.7. The molecule has 2 aromatic rings. The number of aromatic amines is 1. The quantitative estimate of drug-likeness (QED) is 0.386. The van der Waals surface area contributed by atoms with Crippen LogP contribution in [0.1, 0.15) is 44.9 Å². The first kappa shape index (κ1) is 22.0. The number of carbonyl (C=O) groups excluding carboxylic acids is 2. The summed E-state index contributed by atoms with van der Waals surface area (Å²) >= 11 is 6.27. The summed E-state index contributed by atoms with van der Waals surface area (Å²) in [4.78, 5) is 39.0. The van der Waals surface area contributed by atoms with Crippen molar-refractivity contribution in [2.24, 2.45) is 5.92 Å². The van der Waals surface area contributed by atoms with Gasteiger partial charge in [0, 0.05) is 29.1 Å². The summed E-state index contributed by atoms with van der Waals surface area (Å²) in [5.41, 5.74) is 2.22. The minimum Gasteiger partial charge on any atom is -0.492 e. The van der Waals surface area contributed by atoms with Gasteiger partial charge in [0.15, 0.2) is 5.43 Å². The highest BCUT2D eigenvalue weighted by Gasteiger charge is 2.22. The van der Waals surface area contributed by atoms with Crippen LogP contribution in [0.2, 0.25) is 5.02 Å². The van der Waals surface area contributed by atoms with Gasteiger partial charge in [-0.15, -0.1) is 0 Å². The fraction of sp³-hybridized carbons (Fsp3) is 0.476. The summed E-state index contributed by atoms with van der Waals surface area (Å²) in [5.74, 6) is -0.945. The number of hydrogen-bond acceptors (Lipinski definition) is 5. The first-order valence-corrected chi connectivity index (χ1v) is 9.82. The molecule has 152 valence electrons. The monoisotopic (exact) mass is 407 g/mol. The molecule has 6 nitrogen and oxygen atoms in total. The average molecular weight is 408 g/mol. The van der Waals surface area contributed by atoms with E-state index in [-0.39, 0.29) is 24.4 Å². The predicted octanol–water partition coefficient (Wildman–Crippen LogP) is 3.98. The lowest BCUT2D eigenvalue weighted by molar-refractivity contribution is -0.151. The van der Waals surface area contributed by atoms with Gasteiger partial charge >= 0.3 is 5.97 Å². The topological polar surface area (TPSA) is 85.5 Å². The van der Waals surface area contributed by atoms with Crippen LogP contribution in [0.25, 0.3) is 10.9 Å². The van der Waals surface area contributed by atoms with Gasteiger partial charge in [-0.25, -0.2) is 0 Å². The smallest absolute Gasteiger partial charge is 0.316 e. The second kappa shape index (κ2) is 9.73. The third kappa shape index (κ3) is 4.93. The number of ether oxygens (including phenoxy) is 2. The van der Waals surface area contributed by atoms with Gasteiger partial charge in [-0.2, -0.15) is 0 Å². The Labute approximate surface area is 169 Å². The van der Waals surface area contributed by atoms with Crippen LogP contribution in [0.15, 0.2) is 16.9 Å². The van der Waals surface area contributed by atoms with E-state index in [4.69, 9.17) is 21.1 Å². The number of ketones is 1. The molecule has 0 radical (unpaired) electrons. The number of nitrogens with one attached hydrogen (secondary N) is 1. The fourth-order valence-corrected chi connectivity index (χ4v) is 3.34. The number of hydrogen-bond donors (Lipinski definition) is 1. The predicted molar refractivity (Wildman–Crippen MR) is 109 cm³/mol. The van der Waals surface area contributed by atoms with Gasteiger partial charge in [0.2, 0.25) is 0 Å². The minimum atomic E-state index is -0.705. The second-order valence-electron chi connectivity index (χ2n) is 6.68. The molecule has 0 spiro atoms. The molecule has 28 heavy (non-hydrogen) atoms. The maximum absolute atomic E-state index is 12.5. The zero-order valence-corrected chi connectivity index (χ0v) is 17.4. The van der Waals surface area contributed by atoms with Crippen LogP contribution in [0.5, 0.6) is 5.75 Å². The van der Waals surface area contributed by atoms with Gasteiger partial charge in [0.25, 0.3) is 0 Å². The molecule has 1 N–H and O–H groups in total. The maximum Gasteiger partial charge on any atom is 0.316 e. The molecule has 1 unspecified atom stereocenters. The lowest BCUT2D eigenvalue weighted by Crippen LogP contribution is -2.24. The molecule has 0 amide bonds. The molecule has 0 aliphatic carbocycles. The van der Waals surface area contributed by atoms with Crippen molar-refractivity contribution in [2.45, 2.75) is 47.0 Å². The summed E-state index contributed by atoms with van der Waals surface area (Å²) in [6, 6.07) is 3.32. The van der Waals surface area contributed by atoms with Crippen molar-refractivity contribution in [3.05, 3.63) is 38.6 Å². The van der Waals surface area contributed by atoms with E-state index in [1.165, 1.54) is 6.92 Å². The number of rotatable bonds is 9. The lowest BCUT2D eigenvalue weighted by atomic mass is 10.0. The van der Waals surface area contributed by atoms with Gasteiger partial charge in [0.1, 0.15) is 17.5 Å². The Morgan fingerprint density at radius 3 is 2.54 bits per heavy atom. The molecule has 1 aromatic heterocycles. The molecule has 7 heteroatoms. The lowest BCUT2D eigenvalue weighted by Gasteiger charge is -2.13. The van der Waals surface area contributed by atoms with E-state index in [1.54, 1.807) is 19.1 Å². The number of H-pyrrole nitrogens is 1. The molecule has 1 heterocycles. The third-order valence-corrected chi connectivity index (χ3v) is 4.99. The van der Waals surface area contributed by atoms with E-state index in [1.807, 2.05) is 13.8 Å². The third-order valence-electron chi connectivity index (χ3n) is 4.69. The minimum absolute atomic E-state index is 0.0231. The normalized spacial score (nSPS) is 12.0. The van der Waals surface area contributed by atoms with Crippen molar-refractivity contribution < 1.29 is 19.1 Å². The highest BCUT2D eigenvalue weighted by Crippen LogP contribution is 2.29. The zero-order chi connectivity index (χ0) is 20.8. The van der Waals surface area contributed by atoms with Crippen molar-refractivity contribution in [1.29, 1.82) is 0 Å². The van der Waals surface area contributed by atoms with E-state index in [9.17, 15) is 14.4 Å². The molecule has 0 saturated carbocycles. The Balaban J connectivity index is 2.00. The van der Waals surface area contributed by atoms with Gasteiger partial charge in [0.05, 0.1) is 23.8 Å². The number of Topliss-reactive ketones (excluding diaryl/α,β-unsaturated/α-hetero) is 1. The van der Waals surface area contributed by atoms with E-state index in [2.05, 4.69) is 4.98 Å². The van der Waals surface area contributed by atoms with Crippen LogP contribution in [-0.2, 0) is 20.7 Å². The molecule has 0 aliphatic rings. The van der Waals surface area contributed by atoms with Crippen molar-refractivity contribution >= 4 is 34.3 Å². The van der Waals surface area contributed by atoms with Gasteiger partial charge in [-0.1, -0.05) is 25.4 Å². The summed E-state index contributed by atoms with van der Waals surface area (Å²) < 4.78 is 10.8. The van der Waals surface area contributed by atoms with Gasteiger partial charge in [-0.3, -0.25) is 14.4 Å². The highest BCUT2D eigenvalue weighted by atomic mass is 35.5. The SMILES string of the molecule is CCc1c(C)[nH]c2cc(OCCCOC(=O)C(CC)C(C)=O)c(Cl)cc2c1=O. The number of aromatic nitrogens is 1. The van der Waals surface area contributed by atoms with Crippen molar-refractivity contribution in [3.63, 3.8) is 0 Å². The average Bonchev–Trinajstić information content (AvgIpc) is 2.63. The largest absolute Gasteiger partial charge is 0.492 e. The number of pyridine rings is 1. The molecule has 2 rings (SSSR count). The summed E-state index contributed by atoms with van der Waals surface area (Å²) in [6.45, 7) is 7.40. The molecular weight excluding hydrogens is 382 g/mol. The van der Waals surface area contributed by atoms with Crippen molar-refractivity contribution in [3.8, 4) is 5.75 Å². The Kier molecular flexibility index (Phi) is 7.63. The Morgan fingerprint density at radius 2 is 1.93 bits per heavy atom. The molecule has 0 bridgehead atoms. The highest BCUT2D eigenvalue weighted by molar-refractivity contribution is 6.32. The van der Waals surface area contributed by atoms with Crippen molar-refractivity contribution in [1.82, 2.24) is 4.98 Å². The van der Waals surface area contributed by atoms with E-state index >= 15 is 0 Å². The van der Waals surface area contributed by atoms with Crippen LogP contribution in [0, 0.1) is 12.8 Å². The molecule has 1 aromatic carbocycles. The molecule has 0 saturated heterocycles. The van der Waals surface area contributed by atoms with Crippen LogP contribution >= 0.6 is 11.6 Å². The van der Waals surface area contributed by atoms with E-state index in [0.717, 1.165) is 11.3 Å². The van der Waals surface area contributed by atoms with Crippen LogP contribution in [0.3, 0.4) is 0 Å². The van der Waals surface area contributed by atoms with E-state index < -0.39 is 11.9 Å². The molecular formula is C21H26ClNO5. The van der Waals surface area contributed by atoms with Gasteiger partial charge in [-0.05, 0) is 32.8 Å². The molecule has 0 fully saturated rings. The number of halogens is 1. The number of benzene rings is 1. The number of fused-ring (bicyclic) bond motifs is 1. The Bertz CT molecular complexity index is 935. The van der Waals surface area contributed by atoms with Crippen LogP contribution < -0.4 is 10.2 Å². The maximum atomic E-state index is 12.5. The fourth-order valence-electron chi connectivity index (χ4n) is 3.13. The Hall–Kier alpha value is -2.34. The van der Waals surface area contributed by atoms with Gasteiger partial charge < -0.3 is 14.5 Å². The number of carbonyl (C=O) groups is 2. The van der Waals surface area contributed by atoms with Crippen molar-refractivity contribution in [2.75, 3.05) is 13.2 Å². The van der Waals surface area contributed by atoms with Crippen LogP contribution in [-0.4, -0.2) is 30.0 Å². The second-order valence-corrected chi connectivity index (χ2v) is 7.09. The molecule has 0 aliphatic heterocycles. The first-order chi connectivity index (χ1) is 13.3. The van der Waals surface area contributed by atoms with Crippen LogP contribution in [0.4, 0.5) is 0 Å². The summed E-state index contributed by atoms with van der Waals surface area (Å²) in [5, 5.41) is 0.882. The summed E-state index contributed by atoms with van der Waals surface area (Å²) in [7, 11) is 0.